The van der Waals surface area contributed by atoms with Crippen LogP contribution in [0.25, 0.3) is 0 Å². The van der Waals surface area contributed by atoms with Crippen LogP contribution >= 0.6 is 11.3 Å². The van der Waals surface area contributed by atoms with Crippen molar-refractivity contribution in [1.29, 1.82) is 0 Å². The molecule has 2 rings (SSSR count). The molecule has 2 aromatic heterocycles. The number of nitrogen functional groups attached to an aromatic ring is 1. The lowest BCUT2D eigenvalue weighted by atomic mass is 10.5. The molecular formula is C6H6N6O2S. The minimum atomic E-state index is -0.641. The molecule has 8 nitrogen and oxygen atoms in total. The molecule has 0 unspecified atom stereocenters. The van der Waals surface area contributed by atoms with Gasteiger partial charge in [0.25, 0.3) is 0 Å². The molecule has 0 saturated carbocycles. The quantitative estimate of drug-likeness (QED) is 0.593. The molecule has 0 amide bonds. The number of thiazole rings is 1. The Kier molecular flexibility index (Phi) is 2.29. The standard InChI is InChI=1S/C6H6N6O2S/c7-5-8-1-4(15-5)2-11-3-9-6(10-11)12(13)14/h1,3H,2H2,(H2,7,8). The molecule has 0 fully saturated rings. The van der Waals surface area contributed by atoms with Gasteiger partial charge in [-0.05, 0) is 4.92 Å². The van der Waals surface area contributed by atoms with E-state index in [1.54, 1.807) is 6.20 Å². The van der Waals surface area contributed by atoms with Crippen LogP contribution in [0.2, 0.25) is 0 Å². The summed E-state index contributed by atoms with van der Waals surface area (Å²) in [4.78, 5) is 17.9. The number of nitro groups is 1. The van der Waals surface area contributed by atoms with Gasteiger partial charge < -0.3 is 15.8 Å². The second-order valence-electron chi connectivity index (χ2n) is 2.66. The molecule has 2 aromatic rings. The Morgan fingerprint density at radius 2 is 2.40 bits per heavy atom. The van der Waals surface area contributed by atoms with Crippen LogP contribution in [0.1, 0.15) is 4.88 Å². The summed E-state index contributed by atoms with van der Waals surface area (Å²) in [7, 11) is 0. The van der Waals surface area contributed by atoms with Crippen LogP contribution in [0.5, 0.6) is 0 Å². The molecule has 0 aliphatic rings. The first-order valence-electron chi connectivity index (χ1n) is 3.89. The van der Waals surface area contributed by atoms with E-state index >= 15 is 0 Å². The van der Waals surface area contributed by atoms with Crippen LogP contribution in [-0.4, -0.2) is 24.7 Å². The van der Waals surface area contributed by atoms with E-state index in [9.17, 15) is 10.1 Å². The number of rotatable bonds is 3. The lowest BCUT2D eigenvalue weighted by molar-refractivity contribution is -0.394. The number of hydrogen-bond donors (Lipinski definition) is 1. The molecule has 0 aliphatic carbocycles. The zero-order chi connectivity index (χ0) is 10.8. The first kappa shape index (κ1) is 9.52. The number of anilines is 1. The summed E-state index contributed by atoms with van der Waals surface area (Å²) in [5.41, 5.74) is 5.44. The van der Waals surface area contributed by atoms with Crippen molar-refractivity contribution in [1.82, 2.24) is 19.7 Å². The molecule has 0 radical (unpaired) electrons. The van der Waals surface area contributed by atoms with E-state index in [-0.39, 0.29) is 0 Å². The summed E-state index contributed by atoms with van der Waals surface area (Å²) < 4.78 is 1.37. The number of nitrogens with two attached hydrogens (primary N) is 1. The van der Waals surface area contributed by atoms with Gasteiger partial charge in [-0.1, -0.05) is 4.98 Å². The van der Waals surface area contributed by atoms with Crippen LogP contribution in [0.3, 0.4) is 0 Å². The first-order chi connectivity index (χ1) is 7.15. The van der Waals surface area contributed by atoms with Crippen LogP contribution < -0.4 is 5.73 Å². The average Bonchev–Trinajstić information content (AvgIpc) is 2.76. The van der Waals surface area contributed by atoms with E-state index in [1.165, 1.54) is 22.3 Å². The summed E-state index contributed by atoms with van der Waals surface area (Å²) in [6, 6.07) is 0. The molecule has 9 heteroatoms. The maximum Gasteiger partial charge on any atom is 0.490 e. The van der Waals surface area contributed by atoms with Gasteiger partial charge in [-0.3, -0.25) is 0 Å². The third-order valence-electron chi connectivity index (χ3n) is 1.58. The van der Waals surface area contributed by atoms with E-state index in [1.807, 2.05) is 0 Å². The molecule has 0 aromatic carbocycles. The second-order valence-corrected chi connectivity index (χ2v) is 3.81. The van der Waals surface area contributed by atoms with Crippen molar-refractivity contribution in [2.45, 2.75) is 6.54 Å². The zero-order valence-electron chi connectivity index (χ0n) is 7.40. The van der Waals surface area contributed by atoms with Gasteiger partial charge in [0.05, 0.1) is 6.54 Å². The van der Waals surface area contributed by atoms with Crippen LogP contribution in [0.15, 0.2) is 12.5 Å². The fourth-order valence-electron chi connectivity index (χ4n) is 1.00. The van der Waals surface area contributed by atoms with Crippen LogP contribution in [0.4, 0.5) is 11.1 Å². The molecule has 0 atom stereocenters. The van der Waals surface area contributed by atoms with Gasteiger partial charge >= 0.3 is 5.95 Å². The van der Waals surface area contributed by atoms with Gasteiger partial charge in [-0.15, -0.1) is 11.3 Å². The summed E-state index contributed by atoms with van der Waals surface area (Å²) in [5.74, 6) is -0.410. The Bertz CT molecular complexity index is 491. The van der Waals surface area contributed by atoms with E-state index in [0.29, 0.717) is 11.7 Å². The predicted molar refractivity (Wildman–Crippen MR) is 52.3 cm³/mol. The zero-order valence-corrected chi connectivity index (χ0v) is 8.22. The third kappa shape index (κ3) is 2.07. The Hall–Kier alpha value is -2.03. The normalized spacial score (nSPS) is 10.4. The highest BCUT2D eigenvalue weighted by Crippen LogP contribution is 2.15. The number of hydrogen-bond acceptors (Lipinski definition) is 7. The SMILES string of the molecule is Nc1ncc(Cn2cnc([N+](=O)[O-])n2)s1. The van der Waals surface area contributed by atoms with Crippen LogP contribution in [0, 0.1) is 10.1 Å². The molecule has 0 spiro atoms. The van der Waals surface area contributed by atoms with Crippen molar-refractivity contribution >= 4 is 22.4 Å². The van der Waals surface area contributed by atoms with Crippen LogP contribution in [-0.2, 0) is 6.54 Å². The highest BCUT2D eigenvalue weighted by molar-refractivity contribution is 7.15. The first-order valence-corrected chi connectivity index (χ1v) is 4.71. The van der Waals surface area contributed by atoms with Gasteiger partial charge in [-0.25, -0.2) is 4.98 Å². The number of nitrogens with zero attached hydrogens (tertiary/aromatic N) is 5. The van der Waals surface area contributed by atoms with E-state index in [4.69, 9.17) is 5.73 Å². The lowest BCUT2D eigenvalue weighted by Crippen LogP contribution is -1.99. The largest absolute Gasteiger partial charge is 0.490 e. The Balaban J connectivity index is 2.14. The second kappa shape index (κ2) is 3.61. The topological polar surface area (TPSA) is 113 Å². The minimum absolute atomic E-state index is 0.385. The van der Waals surface area contributed by atoms with Crippen molar-refractivity contribution in [2.24, 2.45) is 0 Å². The molecule has 0 aliphatic heterocycles. The predicted octanol–water partition coefficient (Wildman–Crippen LogP) is 0.273. The Labute approximate surface area is 87.5 Å². The van der Waals surface area contributed by atoms with Gasteiger partial charge in [0.15, 0.2) is 5.13 Å². The molecule has 2 heterocycles. The third-order valence-corrected chi connectivity index (χ3v) is 2.39. The number of aromatic nitrogens is 4. The van der Waals surface area contributed by atoms with Gasteiger partial charge in [-0.2, -0.15) is 4.68 Å². The van der Waals surface area contributed by atoms with Gasteiger partial charge in [0.1, 0.15) is 0 Å². The molecule has 15 heavy (non-hydrogen) atoms. The maximum atomic E-state index is 10.3. The maximum absolute atomic E-state index is 10.3. The molecule has 0 bridgehead atoms. The van der Waals surface area contributed by atoms with Crippen molar-refractivity contribution in [3.05, 3.63) is 27.5 Å². The van der Waals surface area contributed by atoms with Crippen molar-refractivity contribution in [2.75, 3.05) is 5.73 Å². The van der Waals surface area contributed by atoms with Gasteiger partial charge in [0.2, 0.25) is 6.33 Å². The summed E-state index contributed by atoms with van der Waals surface area (Å²) in [6.45, 7) is 0.385. The van der Waals surface area contributed by atoms with E-state index in [2.05, 4.69) is 15.1 Å². The summed E-state index contributed by atoms with van der Waals surface area (Å²) in [5, 5.41) is 14.4. The highest BCUT2D eigenvalue weighted by atomic mass is 32.1. The summed E-state index contributed by atoms with van der Waals surface area (Å²) >= 11 is 1.31. The highest BCUT2D eigenvalue weighted by Gasteiger charge is 2.13. The molecule has 2 N–H and O–H groups in total. The Morgan fingerprint density at radius 3 is 2.93 bits per heavy atom. The fraction of sp³-hybridized carbons (Fsp3) is 0.167. The Morgan fingerprint density at radius 1 is 1.60 bits per heavy atom. The van der Waals surface area contributed by atoms with E-state index in [0.717, 1.165) is 4.88 Å². The van der Waals surface area contributed by atoms with Crippen molar-refractivity contribution < 1.29 is 4.92 Å². The summed E-state index contributed by atoms with van der Waals surface area (Å²) in [6.07, 6.45) is 2.90. The average molecular weight is 226 g/mol. The monoisotopic (exact) mass is 226 g/mol. The molecule has 0 saturated heterocycles. The molecule has 78 valence electrons. The van der Waals surface area contributed by atoms with Crippen molar-refractivity contribution in [3.8, 4) is 0 Å². The fourth-order valence-corrected chi connectivity index (χ4v) is 1.68. The van der Waals surface area contributed by atoms with Crippen molar-refractivity contribution in [3.63, 3.8) is 0 Å². The molecular weight excluding hydrogens is 220 g/mol. The van der Waals surface area contributed by atoms with Gasteiger partial charge in [0, 0.05) is 16.2 Å². The lowest BCUT2D eigenvalue weighted by Gasteiger charge is -1.89. The minimum Gasteiger partial charge on any atom is -0.390 e. The smallest absolute Gasteiger partial charge is 0.390 e. The van der Waals surface area contributed by atoms with E-state index < -0.39 is 10.9 Å².